The molecule has 3 rings (SSSR count). The molecule has 32 heavy (non-hydrogen) atoms. The van der Waals surface area contributed by atoms with E-state index in [0.717, 1.165) is 24.0 Å². The molecule has 0 saturated heterocycles. The summed E-state index contributed by atoms with van der Waals surface area (Å²) in [4.78, 5) is 0. The molecule has 7 atom stereocenters. The quantitative estimate of drug-likeness (QED) is 0.457. The van der Waals surface area contributed by atoms with Crippen molar-refractivity contribution in [2.24, 2.45) is 23.2 Å². The van der Waals surface area contributed by atoms with E-state index in [0.29, 0.717) is 30.6 Å². The highest BCUT2D eigenvalue weighted by Gasteiger charge is 2.50. The maximum absolute atomic E-state index is 10.6. The van der Waals surface area contributed by atoms with Gasteiger partial charge in [0, 0.05) is 6.42 Å². The minimum absolute atomic E-state index is 0.218. The summed E-state index contributed by atoms with van der Waals surface area (Å²) in [6.45, 7) is 13.7. The summed E-state index contributed by atoms with van der Waals surface area (Å²) in [5, 5.41) is 41.1. The summed E-state index contributed by atoms with van der Waals surface area (Å²) in [5.74, 6) is 1.39. The molecule has 3 aliphatic rings. The van der Waals surface area contributed by atoms with Gasteiger partial charge >= 0.3 is 0 Å². The van der Waals surface area contributed by atoms with Gasteiger partial charge in [0.1, 0.15) is 5.60 Å². The third-order valence-electron chi connectivity index (χ3n) is 8.90. The SMILES string of the molecule is C=C1/C(=C/C=C2\CCCC3(C)C2CCC3C(C)/C=C/C(C)(O)C(C)(C)O)CC(O)CC1O. The van der Waals surface area contributed by atoms with Crippen molar-refractivity contribution in [3.63, 3.8) is 0 Å². The normalized spacial score (nSPS) is 39.5. The molecule has 0 aromatic carbocycles. The Morgan fingerprint density at radius 3 is 2.47 bits per heavy atom. The van der Waals surface area contributed by atoms with Crippen LogP contribution < -0.4 is 0 Å². The Morgan fingerprint density at radius 1 is 1.12 bits per heavy atom. The van der Waals surface area contributed by atoms with E-state index in [4.69, 9.17) is 0 Å². The Morgan fingerprint density at radius 2 is 1.81 bits per heavy atom. The van der Waals surface area contributed by atoms with Gasteiger partial charge in [-0.15, -0.1) is 0 Å². The predicted octanol–water partition coefficient (Wildman–Crippen LogP) is 4.84. The van der Waals surface area contributed by atoms with E-state index in [1.807, 2.05) is 0 Å². The number of aliphatic hydroxyl groups is 4. The molecule has 0 bridgehead atoms. The summed E-state index contributed by atoms with van der Waals surface area (Å²) in [7, 11) is 0. The molecule has 0 heterocycles. The Bertz CT molecular complexity index is 797. The molecule has 7 unspecified atom stereocenters. The third kappa shape index (κ3) is 4.99. The standard InChI is InChI=1S/C28H44O4/c1-18(13-15-28(6,32)26(3,4)31)23-11-12-24-20(8-7-14-27(23,24)5)9-10-21-16-22(29)17-25(30)19(21)2/h9-10,13,15,18,22-25,29-32H,2,7-8,11-12,14,16-17H2,1,3-6H3/b15-13+,20-9+,21-10+. The molecular weight excluding hydrogens is 400 g/mol. The summed E-state index contributed by atoms with van der Waals surface area (Å²) >= 11 is 0. The van der Waals surface area contributed by atoms with Crippen LogP contribution in [0.3, 0.4) is 0 Å². The fourth-order valence-corrected chi connectivity index (χ4v) is 6.29. The van der Waals surface area contributed by atoms with E-state index in [1.165, 1.54) is 24.8 Å². The monoisotopic (exact) mass is 444 g/mol. The number of fused-ring (bicyclic) bond motifs is 1. The Hall–Kier alpha value is -1.20. The largest absolute Gasteiger partial charge is 0.393 e. The third-order valence-corrected chi connectivity index (χ3v) is 8.90. The smallest absolute Gasteiger partial charge is 0.108 e. The summed E-state index contributed by atoms with van der Waals surface area (Å²) in [6, 6.07) is 0. The average molecular weight is 445 g/mol. The molecule has 3 aliphatic carbocycles. The van der Waals surface area contributed by atoms with Gasteiger partial charge in [-0.05, 0) is 93.6 Å². The number of hydrogen-bond donors (Lipinski definition) is 4. The second-order valence-corrected chi connectivity index (χ2v) is 11.6. The van der Waals surface area contributed by atoms with E-state index in [9.17, 15) is 20.4 Å². The molecule has 0 aliphatic heterocycles. The van der Waals surface area contributed by atoms with Gasteiger partial charge in [-0.2, -0.15) is 0 Å². The summed E-state index contributed by atoms with van der Waals surface area (Å²) < 4.78 is 0. The number of rotatable bonds is 5. The van der Waals surface area contributed by atoms with Crippen molar-refractivity contribution in [2.75, 3.05) is 0 Å². The minimum atomic E-state index is -1.26. The van der Waals surface area contributed by atoms with Crippen LogP contribution in [0.1, 0.15) is 79.6 Å². The molecule has 4 N–H and O–H groups in total. The Balaban J connectivity index is 1.78. The first-order valence-electron chi connectivity index (χ1n) is 12.4. The first-order valence-corrected chi connectivity index (χ1v) is 12.4. The highest BCUT2D eigenvalue weighted by Crippen LogP contribution is 2.59. The fourth-order valence-electron chi connectivity index (χ4n) is 6.29. The van der Waals surface area contributed by atoms with Gasteiger partial charge < -0.3 is 20.4 Å². The highest BCUT2D eigenvalue weighted by molar-refractivity contribution is 5.38. The van der Waals surface area contributed by atoms with E-state index < -0.39 is 23.4 Å². The zero-order valence-electron chi connectivity index (χ0n) is 20.6. The topological polar surface area (TPSA) is 80.9 Å². The number of allylic oxidation sites excluding steroid dienone is 4. The van der Waals surface area contributed by atoms with Gasteiger partial charge in [-0.3, -0.25) is 0 Å². The van der Waals surface area contributed by atoms with Crippen molar-refractivity contribution < 1.29 is 20.4 Å². The van der Waals surface area contributed by atoms with E-state index in [1.54, 1.807) is 26.8 Å². The van der Waals surface area contributed by atoms with Crippen LogP contribution in [0.25, 0.3) is 0 Å². The van der Waals surface area contributed by atoms with Crippen LogP contribution in [0.2, 0.25) is 0 Å². The van der Waals surface area contributed by atoms with Gasteiger partial charge in [0.2, 0.25) is 0 Å². The molecule has 0 aromatic rings. The van der Waals surface area contributed by atoms with Crippen LogP contribution in [-0.2, 0) is 0 Å². The van der Waals surface area contributed by atoms with Crippen molar-refractivity contribution in [2.45, 2.75) is 103 Å². The molecule has 0 aromatic heterocycles. The molecule has 3 saturated carbocycles. The lowest BCUT2D eigenvalue weighted by Gasteiger charge is -2.44. The molecule has 4 nitrogen and oxygen atoms in total. The van der Waals surface area contributed by atoms with Crippen molar-refractivity contribution in [3.05, 3.63) is 47.6 Å². The van der Waals surface area contributed by atoms with E-state index in [-0.39, 0.29) is 5.41 Å². The lowest BCUT2D eigenvalue weighted by atomic mass is 9.61. The Labute approximate surface area is 194 Å². The van der Waals surface area contributed by atoms with E-state index >= 15 is 0 Å². The zero-order chi connectivity index (χ0) is 23.9. The van der Waals surface area contributed by atoms with Crippen LogP contribution in [0.4, 0.5) is 0 Å². The minimum Gasteiger partial charge on any atom is -0.393 e. The van der Waals surface area contributed by atoms with Gasteiger partial charge in [0.25, 0.3) is 0 Å². The lowest BCUT2D eigenvalue weighted by molar-refractivity contribution is -0.0886. The van der Waals surface area contributed by atoms with Crippen LogP contribution in [0.5, 0.6) is 0 Å². The van der Waals surface area contributed by atoms with Crippen molar-refractivity contribution >= 4 is 0 Å². The second kappa shape index (κ2) is 9.21. The second-order valence-electron chi connectivity index (χ2n) is 11.6. The van der Waals surface area contributed by atoms with Gasteiger partial charge in [-0.25, -0.2) is 0 Å². The zero-order valence-corrected chi connectivity index (χ0v) is 20.6. The van der Waals surface area contributed by atoms with E-state index in [2.05, 4.69) is 38.7 Å². The number of aliphatic hydroxyl groups excluding tert-OH is 2. The van der Waals surface area contributed by atoms with Crippen molar-refractivity contribution in [1.29, 1.82) is 0 Å². The highest BCUT2D eigenvalue weighted by atomic mass is 16.3. The molecule has 0 amide bonds. The maximum atomic E-state index is 10.6. The Kier molecular flexibility index (Phi) is 7.32. The van der Waals surface area contributed by atoms with Crippen LogP contribution in [-0.4, -0.2) is 43.8 Å². The molecule has 0 spiro atoms. The average Bonchev–Trinajstić information content (AvgIpc) is 3.04. The van der Waals surface area contributed by atoms with Crippen LogP contribution in [0, 0.1) is 23.2 Å². The fraction of sp³-hybridized carbons (Fsp3) is 0.714. The van der Waals surface area contributed by atoms with Gasteiger partial charge in [0.05, 0.1) is 17.8 Å². The first-order chi connectivity index (χ1) is 14.8. The predicted molar refractivity (Wildman–Crippen MR) is 130 cm³/mol. The first kappa shape index (κ1) is 25.4. The molecular formula is C28H44O4. The van der Waals surface area contributed by atoms with Crippen LogP contribution >= 0.6 is 0 Å². The lowest BCUT2D eigenvalue weighted by Crippen LogP contribution is -2.46. The maximum Gasteiger partial charge on any atom is 0.108 e. The van der Waals surface area contributed by atoms with Gasteiger partial charge in [-0.1, -0.05) is 50.3 Å². The summed E-state index contributed by atoms with van der Waals surface area (Å²) in [5.41, 5.74) is 0.958. The molecule has 180 valence electrons. The molecule has 0 radical (unpaired) electrons. The van der Waals surface area contributed by atoms with Gasteiger partial charge in [0.15, 0.2) is 0 Å². The molecule has 4 heteroatoms. The van der Waals surface area contributed by atoms with Crippen LogP contribution in [0.15, 0.2) is 47.6 Å². The van der Waals surface area contributed by atoms with Crippen molar-refractivity contribution in [1.82, 2.24) is 0 Å². The molecule has 3 fully saturated rings. The number of hydrogen-bond acceptors (Lipinski definition) is 4. The van der Waals surface area contributed by atoms with Crippen molar-refractivity contribution in [3.8, 4) is 0 Å². The summed E-state index contributed by atoms with van der Waals surface area (Å²) in [6.07, 6.45) is 13.8.